The number of hydrogen-bond donors (Lipinski definition) is 2. The molecule has 0 heterocycles. The summed E-state index contributed by atoms with van der Waals surface area (Å²) in [7, 11) is -1.28. The molecule has 0 radical (unpaired) electrons. The topological polar surface area (TPSA) is 40.5 Å². The van der Waals surface area contributed by atoms with E-state index in [-0.39, 0.29) is 18.6 Å². The number of aliphatic hydroxyl groups excluding tert-OH is 2. The van der Waals surface area contributed by atoms with Crippen LogP contribution in [0.5, 0.6) is 0 Å². The maximum absolute atomic E-state index is 9.95. The molecule has 2 nitrogen and oxygen atoms in total. The van der Waals surface area contributed by atoms with Crippen LogP contribution in [0.1, 0.15) is 27.2 Å². The number of benzene rings is 1. The van der Waals surface area contributed by atoms with Gasteiger partial charge in [0.1, 0.15) is 0 Å². The van der Waals surface area contributed by atoms with Gasteiger partial charge in [-0.3, -0.25) is 0 Å². The van der Waals surface area contributed by atoms with Crippen LogP contribution in [0.4, 0.5) is 0 Å². The molecule has 0 spiro atoms. The monoisotopic (exact) mass is 386 g/mol. The van der Waals surface area contributed by atoms with Gasteiger partial charge in [0.25, 0.3) is 0 Å². The molecule has 2 rings (SSSR count). The van der Waals surface area contributed by atoms with E-state index in [0.29, 0.717) is 19.8 Å². The summed E-state index contributed by atoms with van der Waals surface area (Å²) in [4.78, 5) is 0.504. The van der Waals surface area contributed by atoms with Crippen molar-refractivity contribution in [2.45, 2.75) is 55.7 Å². The maximum atomic E-state index is 9.95. The molecule has 22 heavy (non-hydrogen) atoms. The molecule has 4 heteroatoms. The van der Waals surface area contributed by atoms with Crippen LogP contribution in [0.15, 0.2) is 30.3 Å². The summed E-state index contributed by atoms with van der Waals surface area (Å²) in [6.45, 7) is 7.37. The normalized spacial score (nSPS) is 24.0. The van der Waals surface area contributed by atoms with Crippen molar-refractivity contribution in [2.24, 2.45) is 5.41 Å². The number of aliphatic hydroxyl groups is 2. The SMILES string of the molecule is CC[Si](CC)(CC)[C@H]1CC(CO)(CO)[C@@H]1[Se]c1ccccc1. The van der Waals surface area contributed by atoms with Gasteiger partial charge in [0.2, 0.25) is 0 Å². The summed E-state index contributed by atoms with van der Waals surface area (Å²) in [5, 5.41) is 19.9. The van der Waals surface area contributed by atoms with E-state index in [0.717, 1.165) is 12.0 Å². The summed E-state index contributed by atoms with van der Waals surface area (Å²) < 4.78 is 1.40. The average Bonchev–Trinajstić information content (AvgIpc) is 2.58. The van der Waals surface area contributed by atoms with E-state index in [4.69, 9.17) is 0 Å². The van der Waals surface area contributed by atoms with E-state index in [1.54, 1.807) is 0 Å². The first-order chi connectivity index (χ1) is 10.6. The van der Waals surface area contributed by atoms with Crippen molar-refractivity contribution in [3.63, 3.8) is 0 Å². The summed E-state index contributed by atoms with van der Waals surface area (Å²) in [5.41, 5.74) is 0.546. The molecule has 124 valence electrons. The van der Waals surface area contributed by atoms with E-state index < -0.39 is 8.07 Å². The minimum atomic E-state index is -1.28. The zero-order valence-corrected chi connectivity index (χ0v) is 16.8. The fourth-order valence-corrected chi connectivity index (χ4v) is 14.2. The van der Waals surface area contributed by atoms with Crippen LogP contribution in [0, 0.1) is 5.41 Å². The molecule has 1 aromatic rings. The predicted molar refractivity (Wildman–Crippen MR) is 97.7 cm³/mol. The van der Waals surface area contributed by atoms with Crippen molar-refractivity contribution in [2.75, 3.05) is 13.2 Å². The van der Waals surface area contributed by atoms with Crippen LogP contribution in [0.2, 0.25) is 28.5 Å². The average molecular weight is 385 g/mol. The van der Waals surface area contributed by atoms with Gasteiger partial charge in [-0.05, 0) is 0 Å². The first kappa shape index (κ1) is 18.2. The molecule has 1 saturated carbocycles. The Labute approximate surface area is 142 Å². The Morgan fingerprint density at radius 3 is 2.05 bits per heavy atom. The third-order valence-corrected chi connectivity index (χ3v) is 16.4. The van der Waals surface area contributed by atoms with Crippen molar-refractivity contribution >= 4 is 27.5 Å². The minimum absolute atomic E-state index is 0.140. The summed E-state index contributed by atoms with van der Waals surface area (Å²) in [5.74, 6) is 0. The molecule has 1 fully saturated rings. The summed E-state index contributed by atoms with van der Waals surface area (Å²) in [6, 6.07) is 14.7. The van der Waals surface area contributed by atoms with E-state index in [2.05, 4.69) is 51.1 Å². The van der Waals surface area contributed by atoms with Crippen LogP contribution < -0.4 is 4.46 Å². The Hall–Kier alpha value is -0.124. The Bertz CT molecular complexity index is 449. The molecular formula is C18H30O2SeSi. The summed E-state index contributed by atoms with van der Waals surface area (Å²) >= 11 is 0.341. The van der Waals surface area contributed by atoms with Crippen molar-refractivity contribution in [1.29, 1.82) is 0 Å². The molecule has 0 aromatic heterocycles. The first-order valence-electron chi connectivity index (χ1n) is 8.54. The van der Waals surface area contributed by atoms with Crippen LogP contribution in [-0.4, -0.2) is 46.5 Å². The van der Waals surface area contributed by atoms with Gasteiger partial charge in [0.05, 0.1) is 0 Å². The Morgan fingerprint density at radius 2 is 1.59 bits per heavy atom. The number of hydrogen-bond acceptors (Lipinski definition) is 2. The van der Waals surface area contributed by atoms with Crippen LogP contribution in [0.3, 0.4) is 0 Å². The molecule has 0 amide bonds. The van der Waals surface area contributed by atoms with E-state index in [1.165, 1.54) is 22.6 Å². The van der Waals surface area contributed by atoms with Crippen LogP contribution >= 0.6 is 0 Å². The van der Waals surface area contributed by atoms with Gasteiger partial charge < -0.3 is 0 Å². The van der Waals surface area contributed by atoms with Crippen molar-refractivity contribution in [3.8, 4) is 0 Å². The van der Waals surface area contributed by atoms with Gasteiger partial charge in [-0.25, -0.2) is 0 Å². The van der Waals surface area contributed by atoms with Crippen molar-refractivity contribution in [3.05, 3.63) is 30.3 Å². The fraction of sp³-hybridized carbons (Fsp3) is 0.667. The Morgan fingerprint density at radius 1 is 1.05 bits per heavy atom. The van der Waals surface area contributed by atoms with E-state index >= 15 is 0 Å². The predicted octanol–water partition coefficient (Wildman–Crippen LogP) is 3.06. The van der Waals surface area contributed by atoms with Crippen LogP contribution in [0.25, 0.3) is 0 Å². The van der Waals surface area contributed by atoms with E-state index in [9.17, 15) is 10.2 Å². The first-order valence-corrected chi connectivity index (χ1v) is 13.1. The fourth-order valence-electron chi connectivity index (χ4n) is 4.21. The van der Waals surface area contributed by atoms with Gasteiger partial charge in [-0.15, -0.1) is 0 Å². The Balaban J connectivity index is 2.28. The Kier molecular flexibility index (Phi) is 6.32. The zero-order chi connectivity index (χ0) is 16.2. The molecule has 1 aromatic carbocycles. The second-order valence-corrected chi connectivity index (χ2v) is 14.9. The third kappa shape index (κ3) is 3.09. The molecule has 1 aliphatic carbocycles. The van der Waals surface area contributed by atoms with Gasteiger partial charge in [0, 0.05) is 0 Å². The molecule has 0 saturated heterocycles. The van der Waals surface area contributed by atoms with Crippen molar-refractivity contribution in [1.82, 2.24) is 0 Å². The summed E-state index contributed by atoms with van der Waals surface area (Å²) in [6.07, 6.45) is 1.04. The second-order valence-electron chi connectivity index (χ2n) is 6.76. The van der Waals surface area contributed by atoms with E-state index in [1.807, 2.05) is 0 Å². The molecule has 0 bridgehead atoms. The van der Waals surface area contributed by atoms with Gasteiger partial charge in [-0.1, -0.05) is 0 Å². The molecule has 0 unspecified atom stereocenters. The second kappa shape index (κ2) is 7.63. The van der Waals surface area contributed by atoms with Gasteiger partial charge in [-0.2, -0.15) is 0 Å². The molecule has 0 aliphatic heterocycles. The third-order valence-electron chi connectivity index (χ3n) is 6.13. The zero-order valence-electron chi connectivity index (χ0n) is 14.1. The molecule has 1 aliphatic rings. The standard InChI is InChI=1S/C18H30O2SeSi/c1-4-22(5-2,6-3)16-12-18(13-19,14-20)17(16)21-15-10-8-7-9-11-15/h7-11,16-17,19-20H,4-6,12-14H2,1-3H3/t16-,17+/m0/s1. The molecule has 2 N–H and O–H groups in total. The quantitative estimate of drug-likeness (QED) is 0.676. The molecule has 2 atom stereocenters. The van der Waals surface area contributed by atoms with Gasteiger partial charge >= 0.3 is 142 Å². The number of rotatable bonds is 8. The van der Waals surface area contributed by atoms with Crippen LogP contribution in [-0.2, 0) is 0 Å². The van der Waals surface area contributed by atoms with Crippen molar-refractivity contribution < 1.29 is 10.2 Å². The molecular weight excluding hydrogens is 355 g/mol. The van der Waals surface area contributed by atoms with Gasteiger partial charge in [0.15, 0.2) is 0 Å².